The van der Waals surface area contributed by atoms with Crippen LogP contribution in [0.4, 0.5) is 13.2 Å². The molecule has 0 aromatic heterocycles. The van der Waals surface area contributed by atoms with E-state index >= 15 is 0 Å². The summed E-state index contributed by atoms with van der Waals surface area (Å²) in [7, 11) is 0. The van der Waals surface area contributed by atoms with Crippen molar-refractivity contribution in [1.82, 2.24) is 5.32 Å². The SMILES string of the molecule is CC(C)C[C@@H](NC(=O)[C@@H](C)N)C(=O)O.O=C(O)C(F)(F)F. The topological polar surface area (TPSA) is 130 Å². The molecule has 124 valence electrons. The summed E-state index contributed by atoms with van der Waals surface area (Å²) in [5, 5.41) is 18.3. The molecule has 0 aromatic rings. The van der Waals surface area contributed by atoms with Crippen LogP contribution < -0.4 is 11.1 Å². The van der Waals surface area contributed by atoms with E-state index in [4.69, 9.17) is 20.7 Å². The number of halogens is 3. The molecule has 0 aromatic carbocycles. The molecule has 0 bridgehead atoms. The lowest BCUT2D eigenvalue weighted by molar-refractivity contribution is -0.192. The first-order valence-corrected chi connectivity index (χ1v) is 5.87. The van der Waals surface area contributed by atoms with Crippen LogP contribution in [0.25, 0.3) is 0 Å². The van der Waals surface area contributed by atoms with Crippen molar-refractivity contribution in [3.63, 3.8) is 0 Å². The number of rotatable bonds is 5. The Morgan fingerprint density at radius 3 is 1.71 bits per heavy atom. The third-order valence-electron chi connectivity index (χ3n) is 1.98. The fourth-order valence-corrected chi connectivity index (χ4v) is 0.996. The molecule has 0 saturated heterocycles. The van der Waals surface area contributed by atoms with E-state index in [1.165, 1.54) is 6.92 Å². The number of aliphatic carboxylic acids is 2. The Kier molecular flexibility index (Phi) is 9.36. The van der Waals surface area contributed by atoms with Gasteiger partial charge in [-0.15, -0.1) is 0 Å². The van der Waals surface area contributed by atoms with E-state index in [2.05, 4.69) is 5.32 Å². The smallest absolute Gasteiger partial charge is 0.480 e. The van der Waals surface area contributed by atoms with Crippen molar-refractivity contribution in [2.75, 3.05) is 0 Å². The standard InChI is InChI=1S/C9H18N2O3.C2HF3O2/c1-5(2)4-7(9(13)14)11-8(12)6(3)10;3-2(4,5)1(6)7/h5-7H,4,10H2,1-3H3,(H,11,12)(H,13,14);(H,6,7)/t6-,7-;/m1./s1. The van der Waals surface area contributed by atoms with Gasteiger partial charge < -0.3 is 21.3 Å². The summed E-state index contributed by atoms with van der Waals surface area (Å²) in [6, 6.07) is -1.52. The van der Waals surface area contributed by atoms with Crippen molar-refractivity contribution < 1.29 is 37.8 Å². The molecule has 0 radical (unpaired) electrons. The molecule has 0 rings (SSSR count). The Labute approximate surface area is 119 Å². The van der Waals surface area contributed by atoms with Gasteiger partial charge in [0, 0.05) is 0 Å². The molecule has 0 aliphatic heterocycles. The van der Waals surface area contributed by atoms with Crippen molar-refractivity contribution in [1.29, 1.82) is 0 Å². The van der Waals surface area contributed by atoms with Gasteiger partial charge in [-0.05, 0) is 19.3 Å². The van der Waals surface area contributed by atoms with E-state index in [0.29, 0.717) is 6.42 Å². The van der Waals surface area contributed by atoms with Gasteiger partial charge in [0.05, 0.1) is 6.04 Å². The molecule has 0 fully saturated rings. The van der Waals surface area contributed by atoms with Crippen molar-refractivity contribution in [3.8, 4) is 0 Å². The van der Waals surface area contributed by atoms with Crippen LogP contribution >= 0.6 is 0 Å². The summed E-state index contributed by atoms with van der Waals surface area (Å²) < 4.78 is 31.7. The zero-order valence-corrected chi connectivity index (χ0v) is 11.8. The van der Waals surface area contributed by atoms with Crippen LogP contribution in [0.3, 0.4) is 0 Å². The maximum atomic E-state index is 11.1. The summed E-state index contributed by atoms with van der Waals surface area (Å²) in [6.45, 7) is 5.31. The van der Waals surface area contributed by atoms with Gasteiger partial charge in [0.15, 0.2) is 0 Å². The number of carboxylic acid groups (broad SMARTS) is 2. The predicted octanol–water partition coefficient (Wildman–Crippen LogP) is 0.582. The van der Waals surface area contributed by atoms with Gasteiger partial charge in [-0.3, -0.25) is 4.79 Å². The van der Waals surface area contributed by atoms with E-state index in [1.807, 2.05) is 13.8 Å². The third-order valence-corrected chi connectivity index (χ3v) is 1.98. The van der Waals surface area contributed by atoms with Crippen LogP contribution in [-0.4, -0.2) is 46.3 Å². The predicted molar refractivity (Wildman–Crippen MR) is 66.4 cm³/mol. The highest BCUT2D eigenvalue weighted by molar-refractivity contribution is 5.86. The number of carbonyl (C=O) groups excluding carboxylic acids is 1. The van der Waals surface area contributed by atoms with E-state index < -0.39 is 36.1 Å². The molecule has 2 atom stereocenters. The summed E-state index contributed by atoms with van der Waals surface area (Å²) >= 11 is 0. The largest absolute Gasteiger partial charge is 0.490 e. The number of hydrogen-bond donors (Lipinski definition) is 4. The number of nitrogens with two attached hydrogens (primary N) is 1. The molecular formula is C11H19F3N2O5. The fourth-order valence-electron chi connectivity index (χ4n) is 0.996. The zero-order valence-electron chi connectivity index (χ0n) is 11.8. The van der Waals surface area contributed by atoms with Gasteiger partial charge in [0.2, 0.25) is 5.91 Å². The third kappa shape index (κ3) is 11.7. The van der Waals surface area contributed by atoms with Crippen molar-refractivity contribution in [2.45, 2.75) is 45.5 Å². The Balaban J connectivity index is 0. The van der Waals surface area contributed by atoms with Crippen LogP contribution in [0.1, 0.15) is 27.2 Å². The number of alkyl halides is 3. The zero-order chi connectivity index (χ0) is 17.4. The average Bonchev–Trinajstić information content (AvgIpc) is 2.26. The minimum atomic E-state index is -5.08. The first-order chi connectivity index (χ1) is 9.28. The Morgan fingerprint density at radius 2 is 1.52 bits per heavy atom. The molecule has 0 saturated carbocycles. The van der Waals surface area contributed by atoms with E-state index in [1.54, 1.807) is 0 Å². The fraction of sp³-hybridized carbons (Fsp3) is 0.727. The number of carboxylic acids is 2. The monoisotopic (exact) mass is 316 g/mol. The summed E-state index contributed by atoms with van der Waals surface area (Å²) in [5.41, 5.74) is 5.31. The van der Waals surface area contributed by atoms with E-state index in [9.17, 15) is 22.8 Å². The van der Waals surface area contributed by atoms with Crippen molar-refractivity contribution in [2.24, 2.45) is 11.7 Å². The van der Waals surface area contributed by atoms with E-state index in [0.717, 1.165) is 0 Å². The van der Waals surface area contributed by atoms with Crippen molar-refractivity contribution in [3.05, 3.63) is 0 Å². The van der Waals surface area contributed by atoms with Crippen molar-refractivity contribution >= 4 is 17.8 Å². The molecule has 5 N–H and O–H groups in total. The first-order valence-electron chi connectivity index (χ1n) is 5.87. The minimum absolute atomic E-state index is 0.212. The molecule has 1 amide bonds. The molecule has 7 nitrogen and oxygen atoms in total. The summed E-state index contributed by atoms with van der Waals surface area (Å²) in [6.07, 6.45) is -4.67. The highest BCUT2D eigenvalue weighted by Gasteiger charge is 2.38. The normalized spacial score (nSPS) is 13.7. The van der Waals surface area contributed by atoms with Gasteiger partial charge >= 0.3 is 18.1 Å². The molecule has 0 heterocycles. The lowest BCUT2D eigenvalue weighted by Crippen LogP contribution is -2.47. The van der Waals surface area contributed by atoms with Gasteiger partial charge in [0.25, 0.3) is 0 Å². The molecular weight excluding hydrogens is 297 g/mol. The molecule has 0 aliphatic carbocycles. The second-order valence-electron chi connectivity index (χ2n) is 4.62. The maximum absolute atomic E-state index is 11.1. The summed E-state index contributed by atoms with van der Waals surface area (Å²) in [5.74, 6) is -4.00. The van der Waals surface area contributed by atoms with E-state index in [-0.39, 0.29) is 5.92 Å². The number of carbonyl (C=O) groups is 3. The summed E-state index contributed by atoms with van der Waals surface area (Å²) in [4.78, 5) is 30.8. The highest BCUT2D eigenvalue weighted by atomic mass is 19.4. The average molecular weight is 316 g/mol. The molecule has 0 aliphatic rings. The minimum Gasteiger partial charge on any atom is -0.480 e. The molecule has 10 heteroatoms. The number of nitrogens with one attached hydrogen (secondary N) is 1. The second kappa shape index (κ2) is 9.16. The van der Waals surface area contributed by atoms with Gasteiger partial charge in [0.1, 0.15) is 6.04 Å². The molecule has 21 heavy (non-hydrogen) atoms. The molecule has 0 spiro atoms. The number of amides is 1. The Hall–Kier alpha value is -1.84. The number of hydrogen-bond acceptors (Lipinski definition) is 4. The molecule has 0 unspecified atom stereocenters. The lowest BCUT2D eigenvalue weighted by Gasteiger charge is -2.17. The Bertz CT molecular complexity index is 369. The van der Waals surface area contributed by atoms with Crippen LogP contribution in [-0.2, 0) is 14.4 Å². The van der Waals surface area contributed by atoms with Crippen LogP contribution in [0, 0.1) is 5.92 Å². The second-order valence-corrected chi connectivity index (χ2v) is 4.62. The van der Waals surface area contributed by atoms with Gasteiger partial charge in [-0.1, -0.05) is 13.8 Å². The van der Waals surface area contributed by atoms with Crippen LogP contribution in [0.2, 0.25) is 0 Å². The Morgan fingerprint density at radius 1 is 1.14 bits per heavy atom. The lowest BCUT2D eigenvalue weighted by atomic mass is 10.0. The highest BCUT2D eigenvalue weighted by Crippen LogP contribution is 2.13. The van der Waals surface area contributed by atoms with Crippen LogP contribution in [0.5, 0.6) is 0 Å². The van der Waals surface area contributed by atoms with Gasteiger partial charge in [-0.2, -0.15) is 13.2 Å². The first kappa shape index (κ1) is 21.5. The maximum Gasteiger partial charge on any atom is 0.490 e. The van der Waals surface area contributed by atoms with Gasteiger partial charge in [-0.25, -0.2) is 9.59 Å². The quantitative estimate of drug-likeness (QED) is 0.587. The van der Waals surface area contributed by atoms with Crippen LogP contribution in [0.15, 0.2) is 0 Å².